The normalized spacial score (nSPS) is 11.6. The van der Waals surface area contributed by atoms with E-state index in [9.17, 15) is 18.0 Å². The molecular weight excluding hydrogens is 394 g/mol. The first-order valence-corrected chi connectivity index (χ1v) is 10.6. The minimum Gasteiger partial charge on any atom is -0.456 e. The van der Waals surface area contributed by atoms with Crippen molar-refractivity contribution < 1.29 is 22.7 Å². The van der Waals surface area contributed by atoms with Gasteiger partial charge in [0.15, 0.2) is 0 Å². The molecule has 0 aliphatic heterocycles. The summed E-state index contributed by atoms with van der Waals surface area (Å²) in [6.07, 6.45) is 0. The lowest BCUT2D eigenvalue weighted by molar-refractivity contribution is 0.00707. The fourth-order valence-corrected chi connectivity index (χ4v) is 3.16. The Morgan fingerprint density at radius 3 is 2.34 bits per heavy atom. The van der Waals surface area contributed by atoms with Crippen LogP contribution < -0.4 is 15.8 Å². The van der Waals surface area contributed by atoms with Gasteiger partial charge >= 0.3 is 12.0 Å². The van der Waals surface area contributed by atoms with Crippen LogP contribution in [0.3, 0.4) is 0 Å². The summed E-state index contributed by atoms with van der Waals surface area (Å²) in [5, 5.41) is 10.4. The molecule has 0 spiro atoms. The molecule has 0 heterocycles. The Bertz CT molecular complexity index is 997. The molecule has 0 bridgehead atoms. The number of hydrogen-bond donors (Lipinski definition) is 3. The molecule has 0 radical (unpaired) electrons. The summed E-state index contributed by atoms with van der Waals surface area (Å²) >= 11 is 0. The average Bonchev–Trinajstić information content (AvgIpc) is 2.58. The molecule has 2 rings (SSSR count). The van der Waals surface area contributed by atoms with E-state index in [1.807, 2.05) is 0 Å². The van der Waals surface area contributed by atoms with E-state index in [2.05, 4.69) is 10.6 Å². The van der Waals surface area contributed by atoms with E-state index in [0.717, 1.165) is 0 Å². The Labute approximate surface area is 170 Å². The SMILES string of the molecule is CC(C)(C)OC(=O)c1ccccc1NC(=O)NCc1cccc(CS(N)(=O)=O)c1. The van der Waals surface area contributed by atoms with E-state index >= 15 is 0 Å². The second-order valence-corrected chi connectivity index (χ2v) is 9.10. The van der Waals surface area contributed by atoms with Gasteiger partial charge in [0.1, 0.15) is 5.60 Å². The van der Waals surface area contributed by atoms with Gasteiger partial charge in [0.25, 0.3) is 0 Å². The zero-order chi connectivity index (χ0) is 21.7. The molecule has 2 amide bonds. The fourth-order valence-electron chi connectivity index (χ4n) is 2.51. The highest BCUT2D eigenvalue weighted by Crippen LogP contribution is 2.19. The molecule has 4 N–H and O–H groups in total. The molecule has 156 valence electrons. The monoisotopic (exact) mass is 419 g/mol. The van der Waals surface area contributed by atoms with Crippen LogP contribution in [0.4, 0.5) is 10.5 Å². The number of nitrogens with one attached hydrogen (secondary N) is 2. The highest BCUT2D eigenvalue weighted by atomic mass is 32.2. The van der Waals surface area contributed by atoms with Crippen LogP contribution in [0, 0.1) is 0 Å². The number of sulfonamides is 1. The van der Waals surface area contributed by atoms with Crippen molar-refractivity contribution in [1.29, 1.82) is 0 Å². The van der Waals surface area contributed by atoms with Crippen LogP contribution in [0.5, 0.6) is 0 Å². The van der Waals surface area contributed by atoms with Crippen LogP contribution in [0.25, 0.3) is 0 Å². The van der Waals surface area contributed by atoms with Crippen LogP contribution in [-0.2, 0) is 27.1 Å². The third-order valence-corrected chi connectivity index (χ3v) is 4.34. The van der Waals surface area contributed by atoms with Gasteiger partial charge in [0.2, 0.25) is 10.0 Å². The first-order valence-electron chi connectivity index (χ1n) is 8.88. The maximum atomic E-state index is 12.3. The molecule has 9 heteroatoms. The van der Waals surface area contributed by atoms with Gasteiger partial charge in [0.05, 0.1) is 17.0 Å². The van der Waals surface area contributed by atoms with E-state index in [1.54, 1.807) is 69.3 Å². The van der Waals surface area contributed by atoms with Gasteiger partial charge in [-0.15, -0.1) is 0 Å². The molecule has 0 atom stereocenters. The van der Waals surface area contributed by atoms with Gasteiger partial charge in [-0.05, 0) is 44.0 Å². The molecule has 2 aromatic carbocycles. The molecular formula is C20H25N3O5S. The summed E-state index contributed by atoms with van der Waals surface area (Å²) in [5.41, 5.74) is 1.15. The molecule has 0 aliphatic rings. The number of anilines is 1. The number of esters is 1. The molecule has 0 saturated heterocycles. The van der Waals surface area contributed by atoms with E-state index in [1.165, 1.54) is 0 Å². The molecule has 0 aromatic heterocycles. The van der Waals surface area contributed by atoms with Gasteiger partial charge < -0.3 is 15.4 Å². The minimum atomic E-state index is -3.64. The Kier molecular flexibility index (Phi) is 6.99. The summed E-state index contributed by atoms with van der Waals surface area (Å²) < 4.78 is 27.8. The maximum absolute atomic E-state index is 12.3. The van der Waals surface area contributed by atoms with Crippen LogP contribution in [0.2, 0.25) is 0 Å². The maximum Gasteiger partial charge on any atom is 0.340 e. The smallest absolute Gasteiger partial charge is 0.340 e. The van der Waals surface area contributed by atoms with Crippen molar-refractivity contribution in [2.75, 3.05) is 5.32 Å². The lowest BCUT2D eigenvalue weighted by Gasteiger charge is -2.20. The molecule has 29 heavy (non-hydrogen) atoms. The summed E-state index contributed by atoms with van der Waals surface area (Å²) in [7, 11) is -3.64. The largest absolute Gasteiger partial charge is 0.456 e. The number of ether oxygens (including phenoxy) is 1. The van der Waals surface area contributed by atoms with E-state index in [4.69, 9.17) is 9.88 Å². The Balaban J connectivity index is 2.02. The third kappa shape index (κ3) is 7.92. The molecule has 8 nitrogen and oxygen atoms in total. The fraction of sp³-hybridized carbons (Fsp3) is 0.300. The molecule has 0 fully saturated rings. The van der Waals surface area contributed by atoms with Crippen molar-refractivity contribution in [3.63, 3.8) is 0 Å². The lowest BCUT2D eigenvalue weighted by atomic mass is 10.1. The van der Waals surface area contributed by atoms with Crippen molar-refractivity contribution in [3.8, 4) is 0 Å². The summed E-state index contributed by atoms with van der Waals surface area (Å²) in [6.45, 7) is 5.45. The first-order chi connectivity index (χ1) is 13.4. The molecule has 0 saturated carbocycles. The summed E-state index contributed by atoms with van der Waals surface area (Å²) in [6, 6.07) is 12.8. The van der Waals surface area contributed by atoms with Crippen LogP contribution >= 0.6 is 0 Å². The number of primary sulfonamides is 1. The van der Waals surface area contributed by atoms with Gasteiger partial charge in [-0.1, -0.05) is 36.4 Å². The van der Waals surface area contributed by atoms with Gasteiger partial charge in [-0.25, -0.2) is 23.1 Å². The number of rotatable bonds is 6. The summed E-state index contributed by atoms with van der Waals surface area (Å²) in [5.74, 6) is -0.819. The molecule has 2 aromatic rings. The number of carbonyl (C=O) groups is 2. The standard InChI is InChI=1S/C20H25N3O5S/c1-20(2,3)28-18(24)16-9-4-5-10-17(16)23-19(25)22-12-14-7-6-8-15(11-14)13-29(21,26)27/h4-11H,12-13H2,1-3H3,(H2,21,26,27)(H2,22,23,25). The Morgan fingerprint density at radius 1 is 1.03 bits per heavy atom. The predicted octanol–water partition coefficient (Wildman–Crippen LogP) is 2.75. The van der Waals surface area contributed by atoms with Crippen LogP contribution in [-0.4, -0.2) is 26.0 Å². The second-order valence-electron chi connectivity index (χ2n) is 7.48. The number of amides is 2. The Hall–Kier alpha value is -2.91. The number of benzene rings is 2. The number of hydrogen-bond acceptors (Lipinski definition) is 5. The van der Waals surface area contributed by atoms with Crippen molar-refractivity contribution in [2.24, 2.45) is 5.14 Å². The number of carbonyl (C=O) groups excluding carboxylic acids is 2. The van der Waals surface area contributed by atoms with Crippen molar-refractivity contribution in [1.82, 2.24) is 5.32 Å². The first kappa shape index (κ1) is 22.4. The van der Waals surface area contributed by atoms with E-state index < -0.39 is 27.6 Å². The molecule has 0 aliphatic carbocycles. The van der Waals surface area contributed by atoms with Gasteiger partial charge in [-0.2, -0.15) is 0 Å². The minimum absolute atomic E-state index is 0.166. The highest BCUT2D eigenvalue weighted by molar-refractivity contribution is 7.88. The number of para-hydroxylation sites is 1. The van der Waals surface area contributed by atoms with Gasteiger partial charge in [0, 0.05) is 6.54 Å². The highest BCUT2D eigenvalue weighted by Gasteiger charge is 2.20. The lowest BCUT2D eigenvalue weighted by Crippen LogP contribution is -2.30. The quantitative estimate of drug-likeness (QED) is 0.620. The van der Waals surface area contributed by atoms with E-state index in [0.29, 0.717) is 16.8 Å². The van der Waals surface area contributed by atoms with Crippen LogP contribution in [0.1, 0.15) is 42.3 Å². The number of nitrogens with two attached hydrogens (primary N) is 1. The van der Waals surface area contributed by atoms with Gasteiger partial charge in [-0.3, -0.25) is 0 Å². The van der Waals surface area contributed by atoms with Crippen molar-refractivity contribution in [2.45, 2.75) is 38.7 Å². The number of urea groups is 1. The summed E-state index contributed by atoms with van der Waals surface area (Å²) in [4.78, 5) is 24.6. The third-order valence-electron chi connectivity index (χ3n) is 3.61. The van der Waals surface area contributed by atoms with Crippen LogP contribution in [0.15, 0.2) is 48.5 Å². The van der Waals surface area contributed by atoms with E-state index in [-0.39, 0.29) is 17.9 Å². The predicted molar refractivity (Wildman–Crippen MR) is 111 cm³/mol. The second kappa shape index (κ2) is 9.06. The topological polar surface area (TPSA) is 128 Å². The Morgan fingerprint density at radius 2 is 1.69 bits per heavy atom. The van der Waals surface area contributed by atoms with Crippen molar-refractivity contribution >= 4 is 27.7 Å². The van der Waals surface area contributed by atoms with Crippen molar-refractivity contribution in [3.05, 3.63) is 65.2 Å². The average molecular weight is 420 g/mol. The molecule has 0 unspecified atom stereocenters. The zero-order valence-electron chi connectivity index (χ0n) is 16.6. The zero-order valence-corrected chi connectivity index (χ0v) is 17.4.